The van der Waals surface area contributed by atoms with E-state index in [4.69, 9.17) is 5.73 Å². The van der Waals surface area contributed by atoms with Gasteiger partial charge in [0.25, 0.3) is 0 Å². The summed E-state index contributed by atoms with van der Waals surface area (Å²) in [4.78, 5) is 18.4. The zero-order valence-corrected chi connectivity index (χ0v) is 14.3. The van der Waals surface area contributed by atoms with Gasteiger partial charge in [0, 0.05) is 31.5 Å². The smallest absolute Gasteiger partial charge is 0.227 e. The van der Waals surface area contributed by atoms with Crippen molar-refractivity contribution in [2.24, 2.45) is 11.7 Å². The van der Waals surface area contributed by atoms with Crippen molar-refractivity contribution >= 4 is 30.7 Å². The van der Waals surface area contributed by atoms with E-state index in [9.17, 15) is 4.79 Å². The summed E-state index contributed by atoms with van der Waals surface area (Å²) in [7, 11) is 1.85. The number of hydrogen-bond donors (Lipinski definition) is 1. The summed E-state index contributed by atoms with van der Waals surface area (Å²) >= 11 is 0. The first kappa shape index (κ1) is 20.2. The van der Waals surface area contributed by atoms with E-state index in [0.717, 1.165) is 31.2 Å². The number of nitrogens with zero attached hydrogens (tertiary/aromatic N) is 2. The first-order valence-corrected chi connectivity index (χ1v) is 6.93. The van der Waals surface area contributed by atoms with Crippen LogP contribution in [0.3, 0.4) is 0 Å². The fourth-order valence-electron chi connectivity index (χ4n) is 2.87. The molecular weight excluding hydrogens is 309 g/mol. The van der Waals surface area contributed by atoms with Gasteiger partial charge in [0.15, 0.2) is 0 Å². The molecule has 0 aliphatic heterocycles. The minimum Gasteiger partial charge on any atom is -0.341 e. The lowest BCUT2D eigenvalue weighted by molar-refractivity contribution is -0.138. The predicted molar refractivity (Wildman–Crippen MR) is 89.8 cm³/mol. The number of pyridine rings is 1. The van der Waals surface area contributed by atoms with Gasteiger partial charge in [-0.15, -0.1) is 24.8 Å². The van der Waals surface area contributed by atoms with Gasteiger partial charge in [-0.25, -0.2) is 0 Å². The molecule has 1 saturated carbocycles. The Balaban J connectivity index is 0.00000200. The Labute approximate surface area is 139 Å². The number of aromatic nitrogens is 1. The van der Waals surface area contributed by atoms with Crippen LogP contribution in [0, 0.1) is 5.92 Å². The molecule has 1 heterocycles. The van der Waals surface area contributed by atoms with E-state index in [1.807, 2.05) is 26.1 Å². The van der Waals surface area contributed by atoms with Crippen LogP contribution in [-0.4, -0.2) is 28.4 Å². The maximum Gasteiger partial charge on any atom is 0.227 e. The second-order valence-electron chi connectivity index (χ2n) is 5.86. The standard InChI is InChI=1S/C15H23N3O.2ClH/c1-15(16)8-4-3-7-13(15)14(19)18(2)11-12-6-5-9-17-10-12;;/h5-6,9-10,13H,3-4,7-8,11,16H2,1-2H3;2*1H. The number of rotatable bonds is 3. The number of amides is 1. The van der Waals surface area contributed by atoms with Crippen LogP contribution in [0.4, 0.5) is 0 Å². The normalized spacial score (nSPS) is 24.4. The van der Waals surface area contributed by atoms with E-state index >= 15 is 0 Å². The van der Waals surface area contributed by atoms with Gasteiger partial charge in [-0.05, 0) is 31.4 Å². The highest BCUT2D eigenvalue weighted by Gasteiger charge is 2.38. The average molecular weight is 334 g/mol. The van der Waals surface area contributed by atoms with E-state index < -0.39 is 0 Å². The van der Waals surface area contributed by atoms with Crippen LogP contribution >= 0.6 is 24.8 Å². The number of carbonyl (C=O) groups excluding carboxylic acids is 1. The number of halogens is 2. The molecule has 4 nitrogen and oxygen atoms in total. The fraction of sp³-hybridized carbons (Fsp3) is 0.600. The SMILES string of the molecule is CN(Cc1cccnc1)C(=O)C1CCCCC1(C)N.Cl.Cl. The lowest BCUT2D eigenvalue weighted by Gasteiger charge is -2.39. The largest absolute Gasteiger partial charge is 0.341 e. The minimum atomic E-state index is -0.363. The highest BCUT2D eigenvalue weighted by Crippen LogP contribution is 2.32. The Bertz CT molecular complexity index is 440. The summed E-state index contributed by atoms with van der Waals surface area (Å²) in [5, 5.41) is 0. The van der Waals surface area contributed by atoms with E-state index in [-0.39, 0.29) is 42.2 Å². The summed E-state index contributed by atoms with van der Waals surface area (Å²) in [6, 6.07) is 3.88. The molecular formula is C15H25Cl2N3O. The predicted octanol–water partition coefficient (Wildman–Crippen LogP) is 2.79. The molecule has 0 radical (unpaired) electrons. The molecule has 0 bridgehead atoms. The highest BCUT2D eigenvalue weighted by molar-refractivity contribution is 5.85. The molecule has 120 valence electrons. The lowest BCUT2D eigenvalue weighted by atomic mass is 9.74. The molecule has 0 spiro atoms. The molecule has 2 atom stereocenters. The summed E-state index contributed by atoms with van der Waals surface area (Å²) in [6.45, 7) is 2.60. The molecule has 0 aromatic carbocycles. The van der Waals surface area contributed by atoms with Crippen molar-refractivity contribution in [1.82, 2.24) is 9.88 Å². The maximum atomic E-state index is 12.5. The van der Waals surface area contributed by atoms with E-state index in [1.165, 1.54) is 0 Å². The van der Waals surface area contributed by atoms with Crippen LogP contribution < -0.4 is 5.73 Å². The Morgan fingerprint density at radius 3 is 2.76 bits per heavy atom. The third-order valence-corrected chi connectivity index (χ3v) is 4.07. The Morgan fingerprint density at radius 1 is 1.48 bits per heavy atom. The molecule has 2 unspecified atom stereocenters. The van der Waals surface area contributed by atoms with Crippen molar-refractivity contribution in [1.29, 1.82) is 0 Å². The second-order valence-corrected chi connectivity index (χ2v) is 5.86. The van der Waals surface area contributed by atoms with Crippen molar-refractivity contribution in [3.05, 3.63) is 30.1 Å². The van der Waals surface area contributed by atoms with Crippen LogP contribution in [0.25, 0.3) is 0 Å². The van der Waals surface area contributed by atoms with Gasteiger partial charge in [-0.2, -0.15) is 0 Å². The van der Waals surface area contributed by atoms with E-state index in [1.54, 1.807) is 17.3 Å². The summed E-state index contributed by atoms with van der Waals surface area (Å²) in [5.74, 6) is 0.108. The van der Waals surface area contributed by atoms with E-state index in [2.05, 4.69) is 4.98 Å². The third-order valence-electron chi connectivity index (χ3n) is 4.07. The van der Waals surface area contributed by atoms with Crippen LogP contribution in [0.2, 0.25) is 0 Å². The van der Waals surface area contributed by atoms with Crippen molar-refractivity contribution in [3.63, 3.8) is 0 Å². The second kappa shape index (κ2) is 8.57. The third kappa shape index (κ3) is 5.13. The molecule has 1 aromatic heterocycles. The van der Waals surface area contributed by atoms with Gasteiger partial charge in [-0.3, -0.25) is 9.78 Å². The molecule has 6 heteroatoms. The van der Waals surface area contributed by atoms with Gasteiger partial charge in [0.05, 0.1) is 5.92 Å². The zero-order valence-electron chi connectivity index (χ0n) is 12.6. The Hall–Kier alpha value is -0.840. The number of nitrogens with two attached hydrogens (primary N) is 1. The molecule has 1 aromatic rings. The molecule has 2 N–H and O–H groups in total. The van der Waals surface area contributed by atoms with Gasteiger partial charge in [0.2, 0.25) is 5.91 Å². The summed E-state index contributed by atoms with van der Waals surface area (Å²) in [6.07, 6.45) is 7.61. The summed E-state index contributed by atoms with van der Waals surface area (Å²) in [5.41, 5.74) is 6.98. The van der Waals surface area contributed by atoms with E-state index in [0.29, 0.717) is 6.54 Å². The molecule has 1 amide bonds. The maximum absolute atomic E-state index is 12.5. The van der Waals surface area contributed by atoms with Crippen LogP contribution in [0.5, 0.6) is 0 Å². The topological polar surface area (TPSA) is 59.2 Å². The Morgan fingerprint density at radius 2 is 2.19 bits per heavy atom. The van der Waals surface area contributed by atoms with Gasteiger partial charge in [0.1, 0.15) is 0 Å². The first-order valence-electron chi connectivity index (χ1n) is 6.93. The van der Waals surface area contributed by atoms with Crippen molar-refractivity contribution in [2.45, 2.75) is 44.7 Å². The zero-order chi connectivity index (χ0) is 13.9. The molecule has 21 heavy (non-hydrogen) atoms. The van der Waals surface area contributed by atoms with Gasteiger partial charge in [-0.1, -0.05) is 18.9 Å². The molecule has 1 aliphatic rings. The van der Waals surface area contributed by atoms with Crippen molar-refractivity contribution in [2.75, 3.05) is 7.05 Å². The van der Waals surface area contributed by atoms with Crippen LogP contribution in [0.1, 0.15) is 38.2 Å². The molecule has 1 fully saturated rings. The van der Waals surface area contributed by atoms with Gasteiger partial charge < -0.3 is 10.6 Å². The van der Waals surface area contributed by atoms with Crippen molar-refractivity contribution < 1.29 is 4.79 Å². The first-order chi connectivity index (χ1) is 9.00. The number of hydrogen-bond acceptors (Lipinski definition) is 3. The van der Waals surface area contributed by atoms with Gasteiger partial charge >= 0.3 is 0 Å². The van der Waals surface area contributed by atoms with Crippen LogP contribution in [0.15, 0.2) is 24.5 Å². The number of carbonyl (C=O) groups is 1. The molecule has 2 rings (SSSR count). The molecule has 0 saturated heterocycles. The Kier molecular flexibility index (Phi) is 8.22. The van der Waals surface area contributed by atoms with Crippen molar-refractivity contribution in [3.8, 4) is 0 Å². The van der Waals surface area contributed by atoms with Crippen LogP contribution in [-0.2, 0) is 11.3 Å². The monoisotopic (exact) mass is 333 g/mol. The molecule has 1 aliphatic carbocycles. The lowest BCUT2D eigenvalue weighted by Crippen LogP contribution is -2.53. The quantitative estimate of drug-likeness (QED) is 0.925. The summed E-state index contributed by atoms with van der Waals surface area (Å²) < 4.78 is 0. The highest BCUT2D eigenvalue weighted by atomic mass is 35.5. The fourth-order valence-corrected chi connectivity index (χ4v) is 2.87. The minimum absolute atomic E-state index is 0. The average Bonchev–Trinajstić information content (AvgIpc) is 2.38.